The van der Waals surface area contributed by atoms with Gasteiger partial charge in [-0.2, -0.15) is 0 Å². The van der Waals surface area contributed by atoms with Gasteiger partial charge in [0.25, 0.3) is 0 Å². The number of hydrogen-bond donors (Lipinski definition) is 3. The van der Waals surface area contributed by atoms with Crippen molar-refractivity contribution in [1.29, 1.82) is 0 Å². The van der Waals surface area contributed by atoms with Crippen molar-refractivity contribution in [2.24, 2.45) is 28.7 Å². The fourth-order valence-electron chi connectivity index (χ4n) is 4.94. The number of ketones is 1. The Morgan fingerprint density at radius 1 is 1.21 bits per heavy atom. The Bertz CT molecular complexity index is 1100. The summed E-state index contributed by atoms with van der Waals surface area (Å²) in [6.45, 7) is 6.97. The molecule has 5 rings (SSSR count). The van der Waals surface area contributed by atoms with Crippen LogP contribution in [0.2, 0.25) is 0 Å². The van der Waals surface area contributed by atoms with Crippen molar-refractivity contribution in [2.45, 2.75) is 26.7 Å². The highest BCUT2D eigenvalue weighted by atomic mass is 16.5. The lowest BCUT2D eigenvalue weighted by atomic mass is 10.0. The topological polar surface area (TPSA) is 88.7 Å². The van der Waals surface area contributed by atoms with Crippen LogP contribution in [-0.2, 0) is 4.79 Å². The minimum atomic E-state index is -0.0122. The van der Waals surface area contributed by atoms with Gasteiger partial charge in [-0.05, 0) is 74.0 Å². The van der Waals surface area contributed by atoms with Crippen LogP contribution in [0.4, 0.5) is 11.4 Å². The van der Waals surface area contributed by atoms with E-state index in [1.54, 1.807) is 0 Å². The molecule has 6 nitrogen and oxygen atoms in total. The zero-order valence-electron chi connectivity index (χ0n) is 19.3. The van der Waals surface area contributed by atoms with Crippen LogP contribution >= 0.6 is 0 Å². The van der Waals surface area contributed by atoms with E-state index in [2.05, 4.69) is 23.6 Å². The van der Waals surface area contributed by atoms with Gasteiger partial charge in [0.15, 0.2) is 5.84 Å². The molecule has 0 bridgehead atoms. The summed E-state index contributed by atoms with van der Waals surface area (Å²) in [6, 6.07) is 13.6. The van der Waals surface area contributed by atoms with Crippen LogP contribution in [0.1, 0.15) is 30.9 Å². The molecule has 2 aromatic rings. The van der Waals surface area contributed by atoms with Gasteiger partial charge in [0.2, 0.25) is 5.78 Å². The minimum absolute atomic E-state index is 0.0122. The zero-order valence-corrected chi connectivity index (χ0v) is 19.3. The molecule has 2 fully saturated rings. The van der Waals surface area contributed by atoms with Crippen molar-refractivity contribution in [2.75, 3.05) is 30.7 Å². The monoisotopic (exact) mass is 444 g/mol. The van der Waals surface area contributed by atoms with Crippen LogP contribution < -0.4 is 21.1 Å². The Morgan fingerprint density at radius 3 is 2.79 bits per heavy atom. The molecule has 1 saturated carbocycles. The summed E-state index contributed by atoms with van der Waals surface area (Å²) in [5.41, 5.74) is 10.5. The molecule has 6 heteroatoms. The largest absolute Gasteiger partial charge is 0.493 e. The first-order chi connectivity index (χ1) is 16.0. The van der Waals surface area contributed by atoms with Crippen molar-refractivity contribution < 1.29 is 9.53 Å². The maximum atomic E-state index is 13.2. The van der Waals surface area contributed by atoms with Gasteiger partial charge in [-0.25, -0.2) is 4.99 Å². The predicted molar refractivity (Wildman–Crippen MR) is 133 cm³/mol. The van der Waals surface area contributed by atoms with E-state index in [0.717, 1.165) is 53.6 Å². The standard InChI is InChI=1S/C27H32N4O2/c1-16-21(6-3-7-23(16)28)24-13-22-17(2)25(22)26(32)27(31-24)30-19-8-10-20(11-9-19)33-15-18-5-4-12-29-14-18/h3,6-11,13,17-18,22,25,29H,4-5,12,14-15,28H2,1-2H3,(H,30,31). The third-order valence-corrected chi connectivity index (χ3v) is 7.22. The number of aliphatic imine (C=N–C) groups is 1. The van der Waals surface area contributed by atoms with Crippen LogP contribution in [0, 0.1) is 30.6 Å². The van der Waals surface area contributed by atoms with Crippen molar-refractivity contribution >= 4 is 28.7 Å². The third kappa shape index (κ3) is 4.53. The number of amidine groups is 1. The predicted octanol–water partition coefficient (Wildman–Crippen LogP) is 4.27. The van der Waals surface area contributed by atoms with Crippen LogP contribution in [-0.4, -0.2) is 31.3 Å². The number of anilines is 2. The fraction of sp³-hybridized carbons (Fsp3) is 0.407. The summed E-state index contributed by atoms with van der Waals surface area (Å²) in [7, 11) is 0. The van der Waals surface area contributed by atoms with Gasteiger partial charge < -0.3 is 21.1 Å². The highest BCUT2D eigenvalue weighted by Gasteiger charge is 2.52. The number of ether oxygens (including phenoxy) is 1. The van der Waals surface area contributed by atoms with Gasteiger partial charge in [-0.3, -0.25) is 4.79 Å². The maximum absolute atomic E-state index is 13.2. The van der Waals surface area contributed by atoms with Crippen LogP contribution in [0.15, 0.2) is 53.5 Å². The average Bonchev–Trinajstić information content (AvgIpc) is 3.50. The summed E-state index contributed by atoms with van der Waals surface area (Å²) in [6.07, 6.45) is 4.55. The number of nitrogens with zero attached hydrogens (tertiary/aromatic N) is 1. The number of nitrogens with one attached hydrogen (secondary N) is 2. The fourth-order valence-corrected chi connectivity index (χ4v) is 4.94. The SMILES string of the molecule is Cc1c(N)cccc1C1=CC2C(C)C2C(=O)C(Nc2ccc(OCC3CCCNC3)cc2)=N1. The highest BCUT2D eigenvalue weighted by Crippen LogP contribution is 2.50. The molecular formula is C27H32N4O2. The van der Waals surface area contributed by atoms with E-state index in [0.29, 0.717) is 17.7 Å². The molecule has 4 atom stereocenters. The molecule has 2 heterocycles. The normalized spacial score (nSPS) is 26.5. The van der Waals surface area contributed by atoms with Gasteiger partial charge in [0, 0.05) is 35.3 Å². The van der Waals surface area contributed by atoms with E-state index >= 15 is 0 Å². The number of Topliss-reactive ketones (excluding diaryl/α,β-unsaturated/α-hetero) is 1. The van der Waals surface area contributed by atoms with Crippen molar-refractivity contribution in [3.63, 3.8) is 0 Å². The van der Waals surface area contributed by atoms with E-state index in [9.17, 15) is 4.79 Å². The minimum Gasteiger partial charge on any atom is -0.493 e. The number of benzene rings is 2. The molecule has 0 amide bonds. The molecule has 4 unspecified atom stereocenters. The number of nitrogens with two attached hydrogens (primary N) is 1. The van der Waals surface area contributed by atoms with Crippen molar-refractivity contribution in [1.82, 2.24) is 5.32 Å². The molecule has 0 aromatic heterocycles. The Kier molecular flexibility index (Phi) is 5.94. The molecule has 33 heavy (non-hydrogen) atoms. The second kappa shape index (κ2) is 9.02. The first-order valence-corrected chi connectivity index (χ1v) is 11.9. The lowest BCUT2D eigenvalue weighted by Crippen LogP contribution is -2.33. The summed E-state index contributed by atoms with van der Waals surface area (Å²) in [4.78, 5) is 18.0. The first kappa shape index (κ1) is 21.7. The lowest BCUT2D eigenvalue weighted by Gasteiger charge is -2.22. The van der Waals surface area contributed by atoms with Crippen LogP contribution in [0.5, 0.6) is 5.75 Å². The first-order valence-electron chi connectivity index (χ1n) is 11.9. The van der Waals surface area contributed by atoms with Crippen LogP contribution in [0.3, 0.4) is 0 Å². The second-order valence-corrected chi connectivity index (χ2v) is 9.53. The number of nitrogen functional groups attached to an aromatic ring is 1. The molecule has 0 radical (unpaired) electrons. The van der Waals surface area contributed by atoms with E-state index in [1.165, 1.54) is 12.8 Å². The molecule has 1 aliphatic carbocycles. The molecular weight excluding hydrogens is 412 g/mol. The average molecular weight is 445 g/mol. The molecule has 2 aromatic carbocycles. The zero-order chi connectivity index (χ0) is 22.9. The van der Waals surface area contributed by atoms with Gasteiger partial charge >= 0.3 is 0 Å². The summed E-state index contributed by atoms with van der Waals surface area (Å²) < 4.78 is 5.98. The van der Waals surface area contributed by atoms with Crippen LogP contribution in [0.25, 0.3) is 5.70 Å². The Hall–Kier alpha value is -3.12. The Morgan fingerprint density at radius 2 is 2.03 bits per heavy atom. The van der Waals surface area contributed by atoms with Gasteiger partial charge in [-0.1, -0.05) is 25.1 Å². The molecule has 1 saturated heterocycles. The lowest BCUT2D eigenvalue weighted by molar-refractivity contribution is -0.114. The molecule has 4 N–H and O–H groups in total. The third-order valence-electron chi connectivity index (χ3n) is 7.22. The van der Waals surface area contributed by atoms with Crippen molar-refractivity contribution in [3.05, 3.63) is 59.7 Å². The van der Waals surface area contributed by atoms with E-state index < -0.39 is 0 Å². The highest BCUT2D eigenvalue weighted by molar-refractivity contribution is 6.45. The Balaban J connectivity index is 1.33. The number of carbonyl (C=O) groups excluding carboxylic acids is 1. The van der Waals surface area contributed by atoms with Gasteiger partial charge in [0.05, 0.1) is 12.3 Å². The summed E-state index contributed by atoms with van der Waals surface area (Å²) in [5.74, 6) is 2.40. The number of fused-ring (bicyclic) bond motifs is 1. The Labute approximate surface area is 195 Å². The molecule has 172 valence electrons. The quantitative estimate of drug-likeness (QED) is 0.600. The van der Waals surface area contributed by atoms with Crippen molar-refractivity contribution in [3.8, 4) is 5.75 Å². The summed E-state index contributed by atoms with van der Waals surface area (Å²) in [5, 5.41) is 6.70. The number of hydrogen-bond acceptors (Lipinski definition) is 6. The molecule has 0 spiro atoms. The van der Waals surface area contributed by atoms with E-state index in [-0.39, 0.29) is 17.6 Å². The smallest absolute Gasteiger partial charge is 0.202 e. The van der Waals surface area contributed by atoms with Gasteiger partial charge in [0.1, 0.15) is 5.75 Å². The van der Waals surface area contributed by atoms with E-state index in [4.69, 9.17) is 15.5 Å². The second-order valence-electron chi connectivity index (χ2n) is 9.53. The van der Waals surface area contributed by atoms with E-state index in [1.807, 2.05) is 49.4 Å². The number of allylic oxidation sites excluding steroid dienone is 1. The van der Waals surface area contributed by atoms with Gasteiger partial charge in [-0.15, -0.1) is 0 Å². The summed E-state index contributed by atoms with van der Waals surface area (Å²) >= 11 is 0. The number of carbonyl (C=O) groups is 1. The molecule has 3 aliphatic rings. The maximum Gasteiger partial charge on any atom is 0.202 e. The number of piperidine rings is 1. The number of rotatable bonds is 5. The molecule has 2 aliphatic heterocycles.